The molecule has 1 heterocycles. The molecule has 1 aromatic carbocycles. The van der Waals surface area contributed by atoms with Crippen molar-refractivity contribution in [3.05, 3.63) is 51.9 Å². The van der Waals surface area contributed by atoms with Gasteiger partial charge in [0, 0.05) is 10.9 Å². The van der Waals surface area contributed by atoms with Gasteiger partial charge in [0.1, 0.15) is 5.56 Å². The number of nitrogens with zero attached hydrogens (tertiary/aromatic N) is 1. The molecule has 0 fully saturated rings. The van der Waals surface area contributed by atoms with E-state index in [1.807, 2.05) is 32.9 Å². The van der Waals surface area contributed by atoms with Gasteiger partial charge in [0.25, 0.3) is 5.91 Å². The van der Waals surface area contributed by atoms with Gasteiger partial charge in [-0.1, -0.05) is 42.7 Å². The van der Waals surface area contributed by atoms with Gasteiger partial charge in [0.2, 0.25) is 0 Å². The SMILES string of the molecule is Cc1noc(C(C)C)c1C(=O)OCC(=O)NC(C)c1cccc(Cl)c1. The standard InChI is InChI=1S/C18H21ClN2O4/c1-10(2)17-16(12(4)21-25-17)18(23)24-9-15(22)20-11(3)13-6-5-7-14(19)8-13/h5-8,10-11H,9H2,1-4H3,(H,20,22). The zero-order valence-corrected chi connectivity index (χ0v) is 15.4. The van der Waals surface area contributed by atoms with Gasteiger partial charge in [-0.15, -0.1) is 0 Å². The highest BCUT2D eigenvalue weighted by Crippen LogP contribution is 2.23. The van der Waals surface area contributed by atoms with E-state index in [9.17, 15) is 9.59 Å². The fourth-order valence-electron chi connectivity index (χ4n) is 2.38. The molecule has 1 N–H and O–H groups in total. The van der Waals surface area contributed by atoms with Crippen molar-refractivity contribution in [1.82, 2.24) is 10.5 Å². The number of benzene rings is 1. The van der Waals surface area contributed by atoms with Crippen molar-refractivity contribution in [2.24, 2.45) is 0 Å². The minimum absolute atomic E-state index is 0.0135. The zero-order chi connectivity index (χ0) is 18.6. The van der Waals surface area contributed by atoms with Crippen molar-refractivity contribution in [2.45, 2.75) is 39.7 Å². The summed E-state index contributed by atoms with van der Waals surface area (Å²) < 4.78 is 10.3. The molecule has 1 amide bonds. The molecule has 0 bridgehead atoms. The molecule has 0 radical (unpaired) electrons. The number of esters is 1. The van der Waals surface area contributed by atoms with E-state index in [0.29, 0.717) is 16.5 Å². The second-order valence-corrected chi connectivity index (χ2v) is 6.52. The Hall–Kier alpha value is -2.34. The number of carbonyl (C=O) groups excluding carboxylic acids is 2. The van der Waals surface area contributed by atoms with Gasteiger partial charge in [-0.05, 0) is 31.5 Å². The monoisotopic (exact) mass is 364 g/mol. The fraction of sp³-hybridized carbons (Fsp3) is 0.389. The summed E-state index contributed by atoms with van der Waals surface area (Å²) in [5.74, 6) is -0.579. The van der Waals surface area contributed by atoms with E-state index in [-0.39, 0.29) is 24.1 Å². The minimum atomic E-state index is -0.618. The van der Waals surface area contributed by atoms with Crippen molar-refractivity contribution in [3.8, 4) is 0 Å². The van der Waals surface area contributed by atoms with Crippen molar-refractivity contribution in [1.29, 1.82) is 0 Å². The summed E-state index contributed by atoms with van der Waals surface area (Å²) in [6.07, 6.45) is 0. The maximum absolute atomic E-state index is 12.2. The predicted octanol–water partition coefficient (Wildman–Crippen LogP) is 3.79. The van der Waals surface area contributed by atoms with E-state index >= 15 is 0 Å². The van der Waals surface area contributed by atoms with Crippen molar-refractivity contribution in [2.75, 3.05) is 6.61 Å². The van der Waals surface area contributed by atoms with Crippen LogP contribution in [0, 0.1) is 6.92 Å². The second-order valence-electron chi connectivity index (χ2n) is 6.08. The molecule has 0 aliphatic rings. The van der Waals surface area contributed by atoms with Crippen LogP contribution in [-0.4, -0.2) is 23.6 Å². The molecule has 7 heteroatoms. The van der Waals surface area contributed by atoms with Crippen LogP contribution < -0.4 is 5.32 Å². The summed E-state index contributed by atoms with van der Waals surface area (Å²) in [6, 6.07) is 6.94. The molecule has 1 unspecified atom stereocenters. The predicted molar refractivity (Wildman–Crippen MR) is 93.6 cm³/mol. The van der Waals surface area contributed by atoms with Gasteiger partial charge in [0.05, 0.1) is 11.7 Å². The first-order valence-electron chi connectivity index (χ1n) is 7.97. The number of amides is 1. The summed E-state index contributed by atoms with van der Waals surface area (Å²) in [7, 11) is 0. The lowest BCUT2D eigenvalue weighted by Crippen LogP contribution is -2.31. The Morgan fingerprint density at radius 3 is 2.68 bits per heavy atom. The van der Waals surface area contributed by atoms with E-state index in [2.05, 4.69) is 10.5 Å². The normalized spacial score (nSPS) is 12.1. The average molecular weight is 365 g/mol. The molecule has 0 aliphatic heterocycles. The molecule has 0 aliphatic carbocycles. The van der Waals surface area contributed by atoms with E-state index in [4.69, 9.17) is 20.9 Å². The van der Waals surface area contributed by atoms with Crippen LogP contribution in [0.15, 0.2) is 28.8 Å². The molecule has 134 valence electrons. The quantitative estimate of drug-likeness (QED) is 0.788. The summed E-state index contributed by atoms with van der Waals surface area (Å²) in [4.78, 5) is 24.3. The Morgan fingerprint density at radius 1 is 1.32 bits per heavy atom. The molecule has 1 atom stereocenters. The summed E-state index contributed by atoms with van der Waals surface area (Å²) in [5.41, 5.74) is 1.59. The van der Waals surface area contributed by atoms with Crippen molar-refractivity contribution in [3.63, 3.8) is 0 Å². The number of rotatable bonds is 6. The van der Waals surface area contributed by atoms with Gasteiger partial charge in [-0.25, -0.2) is 4.79 Å². The van der Waals surface area contributed by atoms with Crippen LogP contribution in [0.1, 0.15) is 60.1 Å². The summed E-state index contributed by atoms with van der Waals surface area (Å²) in [6.45, 7) is 6.87. The Balaban J connectivity index is 1.94. The lowest BCUT2D eigenvalue weighted by Gasteiger charge is -2.14. The van der Waals surface area contributed by atoms with E-state index in [1.165, 1.54) is 0 Å². The average Bonchev–Trinajstić information content (AvgIpc) is 2.94. The number of aromatic nitrogens is 1. The largest absolute Gasteiger partial charge is 0.452 e. The Bertz CT molecular complexity index is 770. The molecule has 2 aromatic rings. The molecule has 1 aromatic heterocycles. The summed E-state index contributed by atoms with van der Waals surface area (Å²) >= 11 is 5.94. The molecular weight excluding hydrogens is 344 g/mol. The first-order valence-corrected chi connectivity index (χ1v) is 8.35. The van der Waals surface area contributed by atoms with Crippen molar-refractivity contribution < 1.29 is 18.8 Å². The van der Waals surface area contributed by atoms with E-state index in [0.717, 1.165) is 5.56 Å². The van der Waals surface area contributed by atoms with E-state index < -0.39 is 11.9 Å². The van der Waals surface area contributed by atoms with Gasteiger partial charge in [-0.3, -0.25) is 4.79 Å². The molecule has 0 spiro atoms. The molecule has 25 heavy (non-hydrogen) atoms. The Morgan fingerprint density at radius 2 is 2.04 bits per heavy atom. The highest BCUT2D eigenvalue weighted by atomic mass is 35.5. The number of halogens is 1. The van der Waals surface area contributed by atoms with Crippen LogP contribution in [0.2, 0.25) is 5.02 Å². The number of nitrogens with one attached hydrogen (secondary N) is 1. The highest BCUT2D eigenvalue weighted by Gasteiger charge is 2.24. The topological polar surface area (TPSA) is 81.4 Å². The first kappa shape index (κ1) is 19.0. The number of hydrogen-bond acceptors (Lipinski definition) is 5. The lowest BCUT2D eigenvalue weighted by atomic mass is 10.1. The molecule has 0 saturated carbocycles. The van der Waals surface area contributed by atoms with Crippen LogP contribution in [0.3, 0.4) is 0 Å². The van der Waals surface area contributed by atoms with Crippen LogP contribution >= 0.6 is 11.6 Å². The maximum atomic E-state index is 12.2. The zero-order valence-electron chi connectivity index (χ0n) is 14.6. The Kier molecular flexibility index (Phi) is 6.20. The number of aryl methyl sites for hydroxylation is 1. The molecular formula is C18H21ClN2O4. The van der Waals surface area contributed by atoms with Crippen LogP contribution in [-0.2, 0) is 9.53 Å². The van der Waals surface area contributed by atoms with Gasteiger partial charge in [-0.2, -0.15) is 0 Å². The molecule has 2 rings (SSSR count). The number of hydrogen-bond donors (Lipinski definition) is 1. The molecule has 6 nitrogen and oxygen atoms in total. The number of ether oxygens (including phenoxy) is 1. The van der Waals surface area contributed by atoms with Gasteiger partial charge in [0.15, 0.2) is 12.4 Å². The highest BCUT2D eigenvalue weighted by molar-refractivity contribution is 6.30. The number of carbonyl (C=O) groups is 2. The minimum Gasteiger partial charge on any atom is -0.452 e. The van der Waals surface area contributed by atoms with Crippen LogP contribution in [0.5, 0.6) is 0 Å². The third-order valence-corrected chi connectivity index (χ3v) is 3.91. The van der Waals surface area contributed by atoms with Crippen LogP contribution in [0.25, 0.3) is 0 Å². The third kappa shape index (κ3) is 4.82. The lowest BCUT2D eigenvalue weighted by molar-refractivity contribution is -0.124. The second kappa shape index (κ2) is 8.16. The van der Waals surface area contributed by atoms with Crippen LogP contribution in [0.4, 0.5) is 0 Å². The van der Waals surface area contributed by atoms with Gasteiger partial charge < -0.3 is 14.6 Å². The fourth-order valence-corrected chi connectivity index (χ4v) is 2.57. The van der Waals surface area contributed by atoms with Gasteiger partial charge >= 0.3 is 5.97 Å². The third-order valence-electron chi connectivity index (χ3n) is 3.68. The summed E-state index contributed by atoms with van der Waals surface area (Å²) in [5, 5.41) is 7.15. The first-order chi connectivity index (χ1) is 11.8. The Labute approximate surface area is 151 Å². The smallest absolute Gasteiger partial charge is 0.344 e. The van der Waals surface area contributed by atoms with Crippen molar-refractivity contribution >= 4 is 23.5 Å². The molecule has 0 saturated heterocycles. The van der Waals surface area contributed by atoms with E-state index in [1.54, 1.807) is 19.1 Å². The maximum Gasteiger partial charge on any atom is 0.344 e.